The average Bonchev–Trinajstić information content (AvgIpc) is 2.84. The van der Waals surface area contributed by atoms with E-state index in [1.165, 1.54) is 0 Å². The zero-order chi connectivity index (χ0) is 13.0. The van der Waals surface area contributed by atoms with Crippen molar-refractivity contribution in [3.05, 3.63) is 29.8 Å². The van der Waals surface area contributed by atoms with Gasteiger partial charge in [0.25, 0.3) is 0 Å². The monoisotopic (exact) mass is 247 g/mol. The molecule has 1 aromatic rings. The Morgan fingerprint density at radius 1 is 1.44 bits per heavy atom. The Morgan fingerprint density at radius 3 is 2.89 bits per heavy atom. The van der Waals surface area contributed by atoms with Crippen molar-refractivity contribution < 1.29 is 4.79 Å². The van der Waals surface area contributed by atoms with Crippen molar-refractivity contribution in [3.63, 3.8) is 0 Å². The van der Waals surface area contributed by atoms with Crippen LogP contribution in [0, 0.1) is 0 Å². The number of benzene rings is 1. The van der Waals surface area contributed by atoms with Crippen LogP contribution in [0.2, 0.25) is 0 Å². The number of carbonyl (C=O) groups is 1. The SMILES string of the molecule is CN(C)Cc1ccccc1NC(=O)[C@@H]1CCCN1. The molecule has 1 aliphatic heterocycles. The molecule has 4 nitrogen and oxygen atoms in total. The van der Waals surface area contributed by atoms with E-state index in [4.69, 9.17) is 0 Å². The average molecular weight is 247 g/mol. The first-order chi connectivity index (χ1) is 8.66. The summed E-state index contributed by atoms with van der Waals surface area (Å²) in [7, 11) is 4.05. The lowest BCUT2D eigenvalue weighted by molar-refractivity contribution is -0.117. The number of hydrogen-bond acceptors (Lipinski definition) is 3. The third-order valence-electron chi connectivity index (χ3n) is 3.14. The molecule has 2 N–H and O–H groups in total. The van der Waals surface area contributed by atoms with Crippen LogP contribution in [0.3, 0.4) is 0 Å². The van der Waals surface area contributed by atoms with Gasteiger partial charge in [-0.3, -0.25) is 4.79 Å². The number of hydrogen-bond donors (Lipinski definition) is 2. The van der Waals surface area contributed by atoms with Crippen LogP contribution in [0.15, 0.2) is 24.3 Å². The molecule has 0 aromatic heterocycles. The molecular formula is C14H21N3O. The molecule has 4 heteroatoms. The van der Waals surface area contributed by atoms with Gasteiger partial charge in [-0.25, -0.2) is 0 Å². The van der Waals surface area contributed by atoms with Gasteiger partial charge in [0.2, 0.25) is 5.91 Å². The summed E-state index contributed by atoms with van der Waals surface area (Å²) in [5, 5.41) is 6.24. The Kier molecular flexibility index (Phi) is 4.33. The van der Waals surface area contributed by atoms with Crippen LogP contribution in [-0.2, 0) is 11.3 Å². The maximum Gasteiger partial charge on any atom is 0.241 e. The van der Waals surface area contributed by atoms with Gasteiger partial charge in [-0.05, 0) is 45.1 Å². The Balaban J connectivity index is 2.05. The van der Waals surface area contributed by atoms with Gasteiger partial charge in [0.1, 0.15) is 0 Å². The summed E-state index contributed by atoms with van der Waals surface area (Å²) in [4.78, 5) is 14.2. The summed E-state index contributed by atoms with van der Waals surface area (Å²) in [6.45, 7) is 1.77. The summed E-state index contributed by atoms with van der Waals surface area (Å²) < 4.78 is 0. The number of rotatable bonds is 4. The first-order valence-electron chi connectivity index (χ1n) is 6.43. The summed E-state index contributed by atoms with van der Waals surface area (Å²) in [6.07, 6.45) is 2.01. The molecule has 1 aliphatic rings. The molecule has 1 atom stereocenters. The van der Waals surface area contributed by atoms with Crippen LogP contribution in [0.25, 0.3) is 0 Å². The van der Waals surface area contributed by atoms with E-state index in [9.17, 15) is 4.79 Å². The predicted octanol–water partition coefficient (Wildman–Crippen LogP) is 1.44. The fraction of sp³-hybridized carbons (Fsp3) is 0.500. The molecule has 2 rings (SSSR count). The molecular weight excluding hydrogens is 226 g/mol. The molecule has 98 valence electrons. The minimum absolute atomic E-state index is 0.0302. The highest BCUT2D eigenvalue weighted by molar-refractivity contribution is 5.95. The van der Waals surface area contributed by atoms with Crippen LogP contribution in [0.4, 0.5) is 5.69 Å². The highest BCUT2D eigenvalue weighted by Crippen LogP contribution is 2.17. The Bertz CT molecular complexity index is 411. The number of carbonyl (C=O) groups excluding carboxylic acids is 1. The molecule has 1 fully saturated rings. The number of amides is 1. The third kappa shape index (κ3) is 3.31. The number of anilines is 1. The lowest BCUT2D eigenvalue weighted by atomic mass is 10.1. The summed E-state index contributed by atoms with van der Waals surface area (Å²) in [6, 6.07) is 7.94. The van der Waals surface area contributed by atoms with E-state index >= 15 is 0 Å². The van der Waals surface area contributed by atoms with Crippen LogP contribution in [0.5, 0.6) is 0 Å². The van der Waals surface area contributed by atoms with Crippen LogP contribution >= 0.6 is 0 Å². The minimum atomic E-state index is -0.0302. The maximum absolute atomic E-state index is 12.1. The molecule has 1 amide bonds. The highest BCUT2D eigenvalue weighted by Gasteiger charge is 2.22. The largest absolute Gasteiger partial charge is 0.324 e. The van der Waals surface area contributed by atoms with E-state index < -0.39 is 0 Å². The fourth-order valence-corrected chi connectivity index (χ4v) is 2.25. The predicted molar refractivity (Wildman–Crippen MR) is 73.5 cm³/mol. The van der Waals surface area contributed by atoms with E-state index in [2.05, 4.69) is 21.6 Å². The quantitative estimate of drug-likeness (QED) is 0.846. The molecule has 18 heavy (non-hydrogen) atoms. The molecule has 0 bridgehead atoms. The van der Waals surface area contributed by atoms with Crippen molar-refractivity contribution in [2.24, 2.45) is 0 Å². The van der Waals surface area contributed by atoms with E-state index in [1.54, 1.807) is 0 Å². The van der Waals surface area contributed by atoms with Gasteiger partial charge in [-0.2, -0.15) is 0 Å². The Hall–Kier alpha value is -1.39. The second-order valence-electron chi connectivity index (χ2n) is 5.03. The highest BCUT2D eigenvalue weighted by atomic mass is 16.2. The third-order valence-corrected chi connectivity index (χ3v) is 3.14. The molecule has 1 aromatic carbocycles. The van der Waals surface area contributed by atoms with Gasteiger partial charge in [0, 0.05) is 12.2 Å². The topological polar surface area (TPSA) is 44.4 Å². The zero-order valence-electron chi connectivity index (χ0n) is 11.1. The normalized spacial score (nSPS) is 19.2. The minimum Gasteiger partial charge on any atom is -0.324 e. The van der Waals surface area contributed by atoms with Crippen LogP contribution in [0.1, 0.15) is 18.4 Å². The molecule has 0 spiro atoms. The van der Waals surface area contributed by atoms with Gasteiger partial charge in [0.05, 0.1) is 6.04 Å². The Morgan fingerprint density at radius 2 is 2.22 bits per heavy atom. The van der Waals surface area contributed by atoms with Crippen molar-refractivity contribution in [2.45, 2.75) is 25.4 Å². The number of nitrogens with zero attached hydrogens (tertiary/aromatic N) is 1. The fourth-order valence-electron chi connectivity index (χ4n) is 2.25. The van der Waals surface area contributed by atoms with Gasteiger partial charge in [-0.1, -0.05) is 18.2 Å². The molecule has 1 heterocycles. The molecule has 0 aliphatic carbocycles. The lowest BCUT2D eigenvalue weighted by Crippen LogP contribution is -2.35. The van der Waals surface area contributed by atoms with Crippen LogP contribution in [-0.4, -0.2) is 37.5 Å². The maximum atomic E-state index is 12.1. The second kappa shape index (κ2) is 5.98. The Labute approximate surface area is 108 Å². The van der Waals surface area contributed by atoms with E-state index in [1.807, 2.05) is 32.3 Å². The molecule has 0 unspecified atom stereocenters. The molecule has 1 saturated heterocycles. The van der Waals surface area contributed by atoms with Crippen molar-refractivity contribution in [1.82, 2.24) is 10.2 Å². The van der Waals surface area contributed by atoms with Gasteiger partial charge >= 0.3 is 0 Å². The first kappa shape index (κ1) is 13.1. The van der Waals surface area contributed by atoms with Crippen molar-refractivity contribution in [3.8, 4) is 0 Å². The van der Waals surface area contributed by atoms with E-state index in [-0.39, 0.29) is 11.9 Å². The molecule has 0 radical (unpaired) electrons. The standard InChI is InChI=1S/C14H21N3O/c1-17(2)10-11-6-3-4-7-12(11)16-14(18)13-8-5-9-15-13/h3-4,6-7,13,15H,5,8-10H2,1-2H3,(H,16,18)/t13-/m0/s1. The van der Waals surface area contributed by atoms with E-state index in [0.29, 0.717) is 0 Å². The van der Waals surface area contributed by atoms with E-state index in [0.717, 1.165) is 37.2 Å². The summed E-state index contributed by atoms with van der Waals surface area (Å²) >= 11 is 0. The summed E-state index contributed by atoms with van der Waals surface area (Å²) in [5.74, 6) is 0.0821. The van der Waals surface area contributed by atoms with Gasteiger partial charge in [0.15, 0.2) is 0 Å². The van der Waals surface area contributed by atoms with Gasteiger partial charge in [-0.15, -0.1) is 0 Å². The number of nitrogens with one attached hydrogen (secondary N) is 2. The van der Waals surface area contributed by atoms with Crippen molar-refractivity contribution in [1.29, 1.82) is 0 Å². The smallest absolute Gasteiger partial charge is 0.241 e. The second-order valence-corrected chi connectivity index (χ2v) is 5.03. The zero-order valence-corrected chi connectivity index (χ0v) is 11.1. The van der Waals surface area contributed by atoms with Crippen molar-refractivity contribution in [2.75, 3.05) is 26.0 Å². The number of para-hydroxylation sites is 1. The van der Waals surface area contributed by atoms with Gasteiger partial charge < -0.3 is 15.5 Å². The first-order valence-corrected chi connectivity index (χ1v) is 6.43. The lowest BCUT2D eigenvalue weighted by Gasteiger charge is -2.16. The van der Waals surface area contributed by atoms with Crippen molar-refractivity contribution >= 4 is 11.6 Å². The summed E-state index contributed by atoms with van der Waals surface area (Å²) in [5.41, 5.74) is 2.07. The molecule has 0 saturated carbocycles. The van der Waals surface area contributed by atoms with Crippen LogP contribution < -0.4 is 10.6 Å².